The van der Waals surface area contributed by atoms with E-state index in [0.717, 1.165) is 11.3 Å². The Labute approximate surface area is 156 Å². The fourth-order valence-electron chi connectivity index (χ4n) is 2.09. The molecule has 0 aliphatic carbocycles. The van der Waals surface area contributed by atoms with E-state index in [-0.39, 0.29) is 22.5 Å². The van der Waals surface area contributed by atoms with Gasteiger partial charge in [0, 0.05) is 24.2 Å². The quantitative estimate of drug-likeness (QED) is 0.459. The van der Waals surface area contributed by atoms with Gasteiger partial charge in [-0.2, -0.15) is 0 Å². The number of nitrogens with zero attached hydrogens (tertiary/aromatic N) is 1. The first-order valence-corrected chi connectivity index (χ1v) is 8.35. The van der Waals surface area contributed by atoms with E-state index < -0.39 is 10.8 Å². The van der Waals surface area contributed by atoms with Gasteiger partial charge in [0.1, 0.15) is 5.75 Å². The van der Waals surface area contributed by atoms with Crippen molar-refractivity contribution in [3.05, 3.63) is 69.8 Å². The van der Waals surface area contributed by atoms with Crippen LogP contribution in [0.15, 0.2) is 48.5 Å². The summed E-state index contributed by atoms with van der Waals surface area (Å²) in [4.78, 5) is 22.2. The zero-order valence-corrected chi connectivity index (χ0v) is 15.2. The van der Waals surface area contributed by atoms with Crippen LogP contribution in [0, 0.1) is 10.1 Å². The SMILES string of the molecule is CC(C)Oc1ccc(CNC(=S)NC(=O)c2ccc([N+](=O)[O-])cc2)cc1. The Morgan fingerprint density at radius 1 is 1.15 bits per heavy atom. The van der Waals surface area contributed by atoms with Crippen LogP contribution in [0.2, 0.25) is 0 Å². The van der Waals surface area contributed by atoms with Crippen LogP contribution in [-0.4, -0.2) is 22.0 Å². The third-order valence-electron chi connectivity index (χ3n) is 3.32. The lowest BCUT2D eigenvalue weighted by molar-refractivity contribution is -0.384. The van der Waals surface area contributed by atoms with Crippen molar-refractivity contribution in [2.75, 3.05) is 0 Å². The van der Waals surface area contributed by atoms with Crippen molar-refractivity contribution in [1.82, 2.24) is 10.6 Å². The molecule has 136 valence electrons. The largest absolute Gasteiger partial charge is 0.491 e. The minimum atomic E-state index is -0.522. The molecule has 0 spiro atoms. The number of carbonyl (C=O) groups excluding carboxylic acids is 1. The number of nitro groups is 1. The van der Waals surface area contributed by atoms with E-state index in [1.807, 2.05) is 38.1 Å². The highest BCUT2D eigenvalue weighted by molar-refractivity contribution is 7.80. The fourth-order valence-corrected chi connectivity index (χ4v) is 2.26. The van der Waals surface area contributed by atoms with Crippen LogP contribution >= 0.6 is 12.2 Å². The number of hydrogen-bond donors (Lipinski definition) is 2. The predicted molar refractivity (Wildman–Crippen MR) is 102 cm³/mol. The van der Waals surface area contributed by atoms with Gasteiger partial charge in [0.2, 0.25) is 0 Å². The molecule has 7 nitrogen and oxygen atoms in total. The monoisotopic (exact) mass is 373 g/mol. The Kier molecular flexibility index (Phi) is 6.62. The molecule has 0 aliphatic rings. The van der Waals surface area contributed by atoms with Gasteiger partial charge in [-0.25, -0.2) is 0 Å². The minimum absolute atomic E-state index is 0.0767. The third-order valence-corrected chi connectivity index (χ3v) is 3.56. The Bertz CT molecular complexity index is 789. The van der Waals surface area contributed by atoms with Crippen molar-refractivity contribution in [2.45, 2.75) is 26.5 Å². The zero-order chi connectivity index (χ0) is 19.1. The van der Waals surface area contributed by atoms with E-state index in [2.05, 4.69) is 10.6 Å². The maximum absolute atomic E-state index is 12.1. The number of thiocarbonyl (C=S) groups is 1. The average Bonchev–Trinajstić information content (AvgIpc) is 2.60. The summed E-state index contributed by atoms with van der Waals surface area (Å²) in [6.07, 6.45) is 0.112. The number of nitro benzene ring substituents is 1. The molecule has 0 aromatic heterocycles. The molecule has 0 fully saturated rings. The number of carbonyl (C=O) groups is 1. The molecule has 2 aromatic carbocycles. The van der Waals surface area contributed by atoms with Gasteiger partial charge in [-0.3, -0.25) is 20.2 Å². The van der Waals surface area contributed by atoms with Crippen LogP contribution in [-0.2, 0) is 6.54 Å². The lowest BCUT2D eigenvalue weighted by Gasteiger charge is -2.12. The van der Waals surface area contributed by atoms with Gasteiger partial charge in [0.25, 0.3) is 11.6 Å². The second-order valence-electron chi connectivity index (χ2n) is 5.75. The molecule has 0 atom stereocenters. The normalized spacial score (nSPS) is 10.3. The second-order valence-corrected chi connectivity index (χ2v) is 6.16. The molecule has 0 bridgehead atoms. The molecule has 26 heavy (non-hydrogen) atoms. The summed E-state index contributed by atoms with van der Waals surface area (Å²) >= 11 is 5.10. The van der Waals surface area contributed by atoms with Crippen molar-refractivity contribution in [3.8, 4) is 5.75 Å². The molecule has 2 aromatic rings. The van der Waals surface area contributed by atoms with Crippen LogP contribution in [0.1, 0.15) is 29.8 Å². The number of amides is 1. The number of hydrogen-bond acceptors (Lipinski definition) is 5. The summed E-state index contributed by atoms with van der Waals surface area (Å²) in [6.45, 7) is 4.37. The summed E-state index contributed by atoms with van der Waals surface area (Å²) in [6, 6.07) is 12.9. The zero-order valence-electron chi connectivity index (χ0n) is 14.4. The average molecular weight is 373 g/mol. The molecule has 2 rings (SSSR count). The Balaban J connectivity index is 1.84. The predicted octanol–water partition coefficient (Wildman–Crippen LogP) is 3.19. The molecule has 0 unspecified atom stereocenters. The summed E-state index contributed by atoms with van der Waals surface area (Å²) in [5.74, 6) is 0.357. The van der Waals surface area contributed by atoms with Gasteiger partial charge in [0.15, 0.2) is 5.11 Å². The summed E-state index contributed by atoms with van der Waals surface area (Å²) < 4.78 is 5.57. The van der Waals surface area contributed by atoms with Crippen molar-refractivity contribution in [1.29, 1.82) is 0 Å². The molecule has 1 amide bonds. The molecular formula is C18H19N3O4S. The fraction of sp³-hybridized carbons (Fsp3) is 0.222. The Morgan fingerprint density at radius 3 is 2.31 bits per heavy atom. The number of benzene rings is 2. The standard InChI is InChI=1S/C18H19N3O4S/c1-12(2)25-16-9-3-13(4-10-16)11-19-18(26)20-17(22)14-5-7-15(8-6-14)21(23)24/h3-10,12H,11H2,1-2H3,(H2,19,20,22,26). The maximum Gasteiger partial charge on any atom is 0.269 e. The lowest BCUT2D eigenvalue weighted by Crippen LogP contribution is -2.38. The van der Waals surface area contributed by atoms with E-state index in [1.165, 1.54) is 24.3 Å². The molecule has 8 heteroatoms. The van der Waals surface area contributed by atoms with Crippen LogP contribution in [0.5, 0.6) is 5.75 Å². The lowest BCUT2D eigenvalue weighted by atomic mass is 10.2. The highest BCUT2D eigenvalue weighted by Crippen LogP contribution is 2.14. The maximum atomic E-state index is 12.1. The topological polar surface area (TPSA) is 93.5 Å². The van der Waals surface area contributed by atoms with Gasteiger partial charge < -0.3 is 10.1 Å². The van der Waals surface area contributed by atoms with E-state index in [9.17, 15) is 14.9 Å². The molecule has 0 aliphatic heterocycles. The number of ether oxygens (including phenoxy) is 1. The van der Waals surface area contributed by atoms with E-state index >= 15 is 0 Å². The first-order valence-electron chi connectivity index (χ1n) is 7.94. The van der Waals surface area contributed by atoms with Crippen molar-refractivity contribution < 1.29 is 14.5 Å². The molecular weight excluding hydrogens is 354 g/mol. The highest BCUT2D eigenvalue weighted by Gasteiger charge is 2.10. The van der Waals surface area contributed by atoms with Crippen LogP contribution in [0.25, 0.3) is 0 Å². The van der Waals surface area contributed by atoms with E-state index in [0.29, 0.717) is 6.54 Å². The first kappa shape index (κ1) is 19.3. The Morgan fingerprint density at radius 2 is 1.77 bits per heavy atom. The van der Waals surface area contributed by atoms with Gasteiger partial charge in [-0.15, -0.1) is 0 Å². The van der Waals surface area contributed by atoms with Gasteiger partial charge in [0.05, 0.1) is 11.0 Å². The van der Waals surface area contributed by atoms with Crippen LogP contribution in [0.3, 0.4) is 0 Å². The van der Waals surface area contributed by atoms with Crippen molar-refractivity contribution in [2.24, 2.45) is 0 Å². The van der Waals surface area contributed by atoms with E-state index in [4.69, 9.17) is 17.0 Å². The molecule has 0 heterocycles. The van der Waals surface area contributed by atoms with Crippen molar-refractivity contribution >= 4 is 28.9 Å². The van der Waals surface area contributed by atoms with E-state index in [1.54, 1.807) is 0 Å². The Hall–Kier alpha value is -3.00. The van der Waals surface area contributed by atoms with Gasteiger partial charge in [-0.05, 0) is 55.9 Å². The third kappa shape index (κ3) is 5.82. The van der Waals surface area contributed by atoms with Gasteiger partial charge in [-0.1, -0.05) is 12.1 Å². The second kappa shape index (κ2) is 8.91. The molecule has 0 radical (unpaired) electrons. The minimum Gasteiger partial charge on any atom is -0.491 e. The summed E-state index contributed by atoms with van der Waals surface area (Å²) in [7, 11) is 0. The van der Waals surface area contributed by atoms with Crippen LogP contribution in [0.4, 0.5) is 5.69 Å². The molecule has 2 N–H and O–H groups in total. The molecule has 0 saturated heterocycles. The first-order chi connectivity index (χ1) is 12.3. The van der Waals surface area contributed by atoms with Gasteiger partial charge >= 0.3 is 0 Å². The summed E-state index contributed by atoms with van der Waals surface area (Å²) in [5.41, 5.74) is 1.19. The van der Waals surface area contributed by atoms with Crippen LogP contribution < -0.4 is 15.4 Å². The van der Waals surface area contributed by atoms with Crippen molar-refractivity contribution in [3.63, 3.8) is 0 Å². The smallest absolute Gasteiger partial charge is 0.269 e. The highest BCUT2D eigenvalue weighted by atomic mass is 32.1. The number of nitrogens with one attached hydrogen (secondary N) is 2. The number of non-ortho nitro benzene ring substituents is 1. The molecule has 0 saturated carbocycles. The summed E-state index contributed by atoms with van der Waals surface area (Å²) in [5, 5.41) is 16.3. The number of rotatable bonds is 6.